The van der Waals surface area contributed by atoms with Gasteiger partial charge in [-0.3, -0.25) is 9.59 Å². The van der Waals surface area contributed by atoms with Gasteiger partial charge in [0, 0.05) is 10.9 Å². The van der Waals surface area contributed by atoms with Crippen molar-refractivity contribution in [2.45, 2.75) is 62.8 Å². The standard InChI is InChI=1S/C20H27NO3S/c1-14-5-2-3-8-18(14)21-19(22)12-24-20(23)13-25-17-10-9-15-6-4-7-16(15)11-17/h9-11,14,18H,2-8,12-13H2,1H3,(H,21,22)/t14-,18-/m0/s1. The third-order valence-corrected chi connectivity index (χ3v) is 6.22. The van der Waals surface area contributed by atoms with Gasteiger partial charge in [-0.15, -0.1) is 11.8 Å². The number of esters is 1. The summed E-state index contributed by atoms with van der Waals surface area (Å²) < 4.78 is 5.12. The quantitative estimate of drug-likeness (QED) is 0.622. The van der Waals surface area contributed by atoms with Crippen molar-refractivity contribution in [3.63, 3.8) is 0 Å². The number of carbonyl (C=O) groups excluding carboxylic acids is 2. The molecule has 0 spiro atoms. The van der Waals surface area contributed by atoms with Crippen LogP contribution in [-0.4, -0.2) is 30.3 Å². The lowest BCUT2D eigenvalue weighted by Crippen LogP contribution is -2.43. The van der Waals surface area contributed by atoms with Crippen LogP contribution in [0.25, 0.3) is 0 Å². The fraction of sp³-hybridized carbons (Fsp3) is 0.600. The van der Waals surface area contributed by atoms with Gasteiger partial charge in [-0.1, -0.05) is 25.8 Å². The Labute approximate surface area is 154 Å². The molecule has 3 rings (SSSR count). The van der Waals surface area contributed by atoms with E-state index in [1.807, 2.05) is 0 Å². The smallest absolute Gasteiger partial charge is 0.316 e. The number of benzene rings is 1. The molecular weight excluding hydrogens is 334 g/mol. The zero-order valence-corrected chi connectivity index (χ0v) is 15.7. The molecule has 5 heteroatoms. The molecule has 0 aromatic heterocycles. The van der Waals surface area contributed by atoms with Crippen LogP contribution in [-0.2, 0) is 27.2 Å². The summed E-state index contributed by atoms with van der Waals surface area (Å²) in [5.74, 6) is 0.224. The van der Waals surface area contributed by atoms with E-state index in [9.17, 15) is 9.59 Å². The SMILES string of the molecule is C[C@H]1CCCC[C@@H]1NC(=O)COC(=O)CSc1ccc2c(c1)CCC2. The lowest BCUT2D eigenvalue weighted by molar-refractivity contribution is -0.146. The second kappa shape index (κ2) is 8.75. The van der Waals surface area contributed by atoms with Crippen molar-refractivity contribution < 1.29 is 14.3 Å². The monoisotopic (exact) mass is 361 g/mol. The molecule has 0 bridgehead atoms. The van der Waals surface area contributed by atoms with Gasteiger partial charge in [-0.2, -0.15) is 0 Å². The van der Waals surface area contributed by atoms with Crippen LogP contribution in [0, 0.1) is 5.92 Å². The van der Waals surface area contributed by atoms with Gasteiger partial charge in [0.2, 0.25) is 0 Å². The molecule has 1 N–H and O–H groups in total. The van der Waals surface area contributed by atoms with Gasteiger partial charge in [0.1, 0.15) is 0 Å². The molecule has 0 aliphatic heterocycles. The molecule has 0 unspecified atom stereocenters. The van der Waals surface area contributed by atoms with E-state index in [4.69, 9.17) is 4.74 Å². The minimum atomic E-state index is -0.336. The van der Waals surface area contributed by atoms with Crippen molar-refractivity contribution in [2.24, 2.45) is 5.92 Å². The molecule has 1 amide bonds. The fourth-order valence-electron chi connectivity index (χ4n) is 3.75. The lowest BCUT2D eigenvalue weighted by atomic mass is 9.86. The van der Waals surface area contributed by atoms with Gasteiger partial charge in [0.25, 0.3) is 5.91 Å². The summed E-state index contributed by atoms with van der Waals surface area (Å²) in [5.41, 5.74) is 2.83. The molecule has 25 heavy (non-hydrogen) atoms. The third kappa shape index (κ3) is 5.24. The van der Waals surface area contributed by atoms with Gasteiger partial charge < -0.3 is 10.1 Å². The maximum atomic E-state index is 12.0. The number of aryl methyl sites for hydroxylation is 2. The van der Waals surface area contributed by atoms with Gasteiger partial charge >= 0.3 is 5.97 Å². The van der Waals surface area contributed by atoms with E-state index in [1.165, 1.54) is 35.7 Å². The van der Waals surface area contributed by atoms with Crippen LogP contribution in [0.5, 0.6) is 0 Å². The Morgan fingerprint density at radius 1 is 1.16 bits per heavy atom. The molecule has 1 aromatic rings. The van der Waals surface area contributed by atoms with Crippen LogP contribution >= 0.6 is 11.8 Å². The third-order valence-electron chi connectivity index (χ3n) is 5.25. The van der Waals surface area contributed by atoms with Crippen LogP contribution in [0.1, 0.15) is 50.2 Å². The molecule has 2 aliphatic rings. The van der Waals surface area contributed by atoms with Gasteiger partial charge in [0.15, 0.2) is 6.61 Å². The average Bonchev–Trinajstić information content (AvgIpc) is 3.08. The minimum Gasteiger partial charge on any atom is -0.455 e. The molecule has 1 fully saturated rings. The number of carbonyl (C=O) groups is 2. The number of ether oxygens (including phenoxy) is 1. The molecule has 0 heterocycles. The number of fused-ring (bicyclic) bond motifs is 1. The van der Waals surface area contributed by atoms with Crippen LogP contribution in [0.3, 0.4) is 0 Å². The number of hydrogen-bond donors (Lipinski definition) is 1. The molecule has 1 saturated carbocycles. The molecule has 2 atom stereocenters. The highest BCUT2D eigenvalue weighted by molar-refractivity contribution is 8.00. The second-order valence-corrected chi connectivity index (χ2v) is 8.22. The molecule has 4 nitrogen and oxygen atoms in total. The summed E-state index contributed by atoms with van der Waals surface area (Å²) in [6.07, 6.45) is 8.09. The van der Waals surface area contributed by atoms with Crippen LogP contribution in [0.15, 0.2) is 23.1 Å². The van der Waals surface area contributed by atoms with Crippen LogP contribution in [0.4, 0.5) is 0 Å². The highest BCUT2D eigenvalue weighted by atomic mass is 32.2. The summed E-state index contributed by atoms with van der Waals surface area (Å²) in [6, 6.07) is 6.63. The Bertz CT molecular complexity index is 631. The number of thioether (sulfide) groups is 1. The number of nitrogens with one attached hydrogen (secondary N) is 1. The van der Waals surface area contributed by atoms with E-state index in [-0.39, 0.29) is 30.3 Å². The molecule has 0 saturated heterocycles. The van der Waals surface area contributed by atoms with Crippen molar-refractivity contribution in [1.82, 2.24) is 5.32 Å². The molecule has 0 radical (unpaired) electrons. The first kappa shape index (κ1) is 18.3. The van der Waals surface area contributed by atoms with E-state index < -0.39 is 0 Å². The summed E-state index contributed by atoms with van der Waals surface area (Å²) >= 11 is 1.48. The van der Waals surface area contributed by atoms with Crippen molar-refractivity contribution in [3.8, 4) is 0 Å². The summed E-state index contributed by atoms with van der Waals surface area (Å²) in [7, 11) is 0. The predicted molar refractivity (Wildman–Crippen MR) is 99.7 cm³/mol. The highest BCUT2D eigenvalue weighted by Crippen LogP contribution is 2.27. The Balaban J connectivity index is 1.37. The van der Waals surface area contributed by atoms with Crippen molar-refractivity contribution >= 4 is 23.6 Å². The van der Waals surface area contributed by atoms with Crippen LogP contribution in [0.2, 0.25) is 0 Å². The molecular formula is C20H27NO3S. The maximum absolute atomic E-state index is 12.0. The topological polar surface area (TPSA) is 55.4 Å². The Hall–Kier alpha value is -1.49. The van der Waals surface area contributed by atoms with Crippen molar-refractivity contribution in [3.05, 3.63) is 29.3 Å². The second-order valence-electron chi connectivity index (χ2n) is 7.17. The summed E-state index contributed by atoms with van der Waals surface area (Å²) in [6.45, 7) is 2.00. The van der Waals surface area contributed by atoms with Gasteiger partial charge in [-0.25, -0.2) is 0 Å². The van der Waals surface area contributed by atoms with Crippen molar-refractivity contribution in [1.29, 1.82) is 0 Å². The lowest BCUT2D eigenvalue weighted by Gasteiger charge is -2.29. The largest absolute Gasteiger partial charge is 0.455 e. The van der Waals surface area contributed by atoms with E-state index in [0.717, 1.165) is 37.0 Å². The Kier molecular flexibility index (Phi) is 6.40. The zero-order valence-electron chi connectivity index (χ0n) is 14.9. The Morgan fingerprint density at radius 2 is 1.96 bits per heavy atom. The highest BCUT2D eigenvalue weighted by Gasteiger charge is 2.23. The summed E-state index contributed by atoms with van der Waals surface area (Å²) in [4.78, 5) is 25.0. The molecule has 1 aromatic carbocycles. The van der Waals surface area contributed by atoms with E-state index in [1.54, 1.807) is 0 Å². The Morgan fingerprint density at radius 3 is 2.80 bits per heavy atom. The number of rotatable bonds is 6. The minimum absolute atomic E-state index is 0.174. The first-order chi connectivity index (χ1) is 12.1. The van der Waals surface area contributed by atoms with Crippen molar-refractivity contribution in [2.75, 3.05) is 12.4 Å². The van der Waals surface area contributed by atoms with E-state index >= 15 is 0 Å². The normalized spacial score (nSPS) is 22.3. The predicted octanol–water partition coefficient (Wildman–Crippen LogP) is 3.51. The average molecular weight is 362 g/mol. The van der Waals surface area contributed by atoms with Gasteiger partial charge in [-0.05, 0) is 61.3 Å². The first-order valence-corrected chi connectivity index (χ1v) is 10.3. The maximum Gasteiger partial charge on any atom is 0.316 e. The number of amides is 1. The zero-order chi connectivity index (χ0) is 17.6. The van der Waals surface area contributed by atoms with Crippen LogP contribution < -0.4 is 5.32 Å². The van der Waals surface area contributed by atoms with E-state index in [0.29, 0.717) is 5.92 Å². The number of hydrogen-bond acceptors (Lipinski definition) is 4. The first-order valence-electron chi connectivity index (χ1n) is 9.31. The molecule has 136 valence electrons. The molecule has 2 aliphatic carbocycles. The summed E-state index contributed by atoms with van der Waals surface area (Å²) in [5, 5.41) is 3.00. The van der Waals surface area contributed by atoms with Gasteiger partial charge in [0.05, 0.1) is 5.75 Å². The van der Waals surface area contributed by atoms with E-state index in [2.05, 4.69) is 30.4 Å². The fourth-order valence-corrected chi connectivity index (χ4v) is 4.50.